The molecule has 0 saturated heterocycles. The van der Waals surface area contributed by atoms with E-state index in [2.05, 4.69) is 5.10 Å². The van der Waals surface area contributed by atoms with E-state index in [1.165, 1.54) is 10.9 Å². The van der Waals surface area contributed by atoms with Gasteiger partial charge in [0.1, 0.15) is 17.1 Å². The second-order valence-electron chi connectivity index (χ2n) is 8.75. The van der Waals surface area contributed by atoms with Crippen molar-refractivity contribution in [2.24, 2.45) is 10.8 Å². The molecule has 0 fully saturated rings. The van der Waals surface area contributed by atoms with Crippen molar-refractivity contribution in [3.05, 3.63) is 101 Å². The smallest absolute Gasteiger partial charge is 0.282 e. The van der Waals surface area contributed by atoms with Crippen LogP contribution >= 0.6 is 0 Å². The first-order valence-corrected chi connectivity index (χ1v) is 12.1. The number of nitrogens with two attached hydrogens (primary N) is 1. The van der Waals surface area contributed by atoms with E-state index in [0.717, 1.165) is 16.2 Å². The van der Waals surface area contributed by atoms with Gasteiger partial charge in [-0.2, -0.15) is 9.78 Å². The highest BCUT2D eigenvalue weighted by Crippen LogP contribution is 2.33. The van der Waals surface area contributed by atoms with E-state index in [1.54, 1.807) is 37.4 Å². The van der Waals surface area contributed by atoms with Crippen LogP contribution in [0.5, 0.6) is 11.5 Å². The van der Waals surface area contributed by atoms with E-state index < -0.39 is 5.91 Å². The fourth-order valence-electron chi connectivity index (χ4n) is 4.51. The van der Waals surface area contributed by atoms with Crippen LogP contribution in [-0.2, 0) is 4.79 Å². The van der Waals surface area contributed by atoms with Crippen molar-refractivity contribution in [3.63, 3.8) is 0 Å². The van der Waals surface area contributed by atoms with E-state index in [-0.39, 0.29) is 18.0 Å². The first kappa shape index (κ1) is 23.9. The maximum absolute atomic E-state index is 13.7. The highest BCUT2D eigenvalue weighted by atomic mass is 16.5. The number of carbonyl (C=O) groups excluding carboxylic acids is 1. The molecule has 0 aliphatic heterocycles. The number of aromatic nitrogens is 2. The molecule has 6 rings (SSSR count). The van der Waals surface area contributed by atoms with E-state index in [0.29, 0.717) is 39.3 Å². The summed E-state index contributed by atoms with van der Waals surface area (Å²) in [5, 5.41) is 7.47. The third-order valence-electron chi connectivity index (χ3n) is 6.32. The Labute approximate surface area is 221 Å². The molecule has 9 heteroatoms. The zero-order valence-electron chi connectivity index (χ0n) is 20.8. The molecule has 6 aromatic rings. The lowest BCUT2D eigenvalue weighted by atomic mass is 10.0. The molecule has 2 N–H and O–H groups in total. The minimum atomic E-state index is -0.608. The Hall–Kier alpha value is -5.44. The molecule has 0 unspecified atom stereocenters. The average Bonchev–Trinajstić information content (AvgIpc) is 3.40. The Morgan fingerprint density at radius 3 is 2.59 bits per heavy atom. The molecule has 1 amide bonds. The molecule has 0 radical (unpaired) electrons. The SMILES string of the molecule is COc1cccc2oc(-c3nc4ccccc4c(=O)n3N=Cc3c(OCC(N)=O)ccc4ccccc34)cc12. The number of amides is 1. The van der Waals surface area contributed by atoms with Gasteiger partial charge in [-0.15, -0.1) is 0 Å². The highest BCUT2D eigenvalue weighted by Gasteiger charge is 2.18. The monoisotopic (exact) mass is 518 g/mol. The highest BCUT2D eigenvalue weighted by molar-refractivity contribution is 6.02. The molecule has 39 heavy (non-hydrogen) atoms. The quantitative estimate of drug-likeness (QED) is 0.305. The Morgan fingerprint density at radius 2 is 1.77 bits per heavy atom. The number of ether oxygens (including phenoxy) is 2. The summed E-state index contributed by atoms with van der Waals surface area (Å²) in [6, 6.07) is 25.5. The van der Waals surface area contributed by atoms with Crippen LogP contribution in [0.4, 0.5) is 0 Å². The molecule has 9 nitrogen and oxygen atoms in total. The second-order valence-corrected chi connectivity index (χ2v) is 8.75. The van der Waals surface area contributed by atoms with E-state index in [4.69, 9.17) is 24.6 Å². The summed E-state index contributed by atoms with van der Waals surface area (Å²) in [5.41, 5.74) is 6.60. The zero-order valence-corrected chi connectivity index (χ0v) is 20.8. The number of methoxy groups -OCH3 is 1. The number of benzene rings is 4. The number of hydrogen-bond donors (Lipinski definition) is 1. The number of fused-ring (bicyclic) bond motifs is 3. The van der Waals surface area contributed by atoms with Crippen molar-refractivity contribution in [1.29, 1.82) is 0 Å². The fourth-order valence-corrected chi connectivity index (χ4v) is 4.51. The molecule has 4 aromatic carbocycles. The van der Waals surface area contributed by atoms with Crippen molar-refractivity contribution >= 4 is 44.8 Å². The van der Waals surface area contributed by atoms with Crippen LogP contribution in [0.2, 0.25) is 0 Å². The third-order valence-corrected chi connectivity index (χ3v) is 6.32. The molecule has 0 bridgehead atoms. The number of primary amides is 1. The van der Waals surface area contributed by atoms with Crippen LogP contribution in [0.15, 0.2) is 99.2 Å². The van der Waals surface area contributed by atoms with Crippen molar-refractivity contribution in [2.45, 2.75) is 0 Å². The maximum atomic E-state index is 13.7. The molecule has 192 valence electrons. The Balaban J connectivity index is 1.58. The lowest BCUT2D eigenvalue weighted by Gasteiger charge is -2.11. The second kappa shape index (κ2) is 9.79. The zero-order chi connectivity index (χ0) is 26.9. The average molecular weight is 519 g/mol. The van der Waals surface area contributed by atoms with Crippen LogP contribution in [0.3, 0.4) is 0 Å². The summed E-state index contributed by atoms with van der Waals surface area (Å²) in [7, 11) is 1.58. The van der Waals surface area contributed by atoms with Gasteiger partial charge in [0.2, 0.25) is 5.82 Å². The Bertz CT molecular complexity index is 1970. The predicted molar refractivity (Wildman–Crippen MR) is 149 cm³/mol. The number of para-hydroxylation sites is 1. The van der Waals surface area contributed by atoms with E-state index >= 15 is 0 Å². The molecule has 0 atom stereocenters. The summed E-state index contributed by atoms with van der Waals surface area (Å²) < 4.78 is 18.4. The number of furan rings is 1. The largest absolute Gasteiger partial charge is 0.496 e. The van der Waals surface area contributed by atoms with Gasteiger partial charge in [-0.3, -0.25) is 9.59 Å². The first-order chi connectivity index (χ1) is 19.0. The topological polar surface area (TPSA) is 122 Å². The van der Waals surface area contributed by atoms with Gasteiger partial charge < -0.3 is 19.6 Å². The summed E-state index contributed by atoms with van der Waals surface area (Å²) >= 11 is 0. The number of carbonyl (C=O) groups is 1. The van der Waals surface area contributed by atoms with Crippen LogP contribution < -0.4 is 20.8 Å². The van der Waals surface area contributed by atoms with Crippen molar-refractivity contribution in [1.82, 2.24) is 9.66 Å². The maximum Gasteiger partial charge on any atom is 0.282 e. The van der Waals surface area contributed by atoms with Gasteiger partial charge in [-0.05, 0) is 47.2 Å². The summed E-state index contributed by atoms with van der Waals surface area (Å²) in [6.45, 7) is -0.303. The van der Waals surface area contributed by atoms with Crippen LogP contribution in [-0.4, -0.2) is 35.5 Å². The van der Waals surface area contributed by atoms with Crippen LogP contribution in [0, 0.1) is 0 Å². The molecule has 0 saturated carbocycles. The normalized spacial score (nSPS) is 11.5. The minimum Gasteiger partial charge on any atom is -0.496 e. The van der Waals surface area contributed by atoms with Crippen molar-refractivity contribution < 1.29 is 18.7 Å². The van der Waals surface area contributed by atoms with Crippen molar-refractivity contribution in [3.8, 4) is 23.1 Å². The van der Waals surface area contributed by atoms with Gasteiger partial charge in [0.25, 0.3) is 11.5 Å². The van der Waals surface area contributed by atoms with E-state index in [1.807, 2.05) is 54.6 Å². The molecule has 0 aliphatic carbocycles. The lowest BCUT2D eigenvalue weighted by Crippen LogP contribution is -2.21. The number of rotatable bonds is 7. The van der Waals surface area contributed by atoms with E-state index in [9.17, 15) is 9.59 Å². The van der Waals surface area contributed by atoms with Gasteiger partial charge in [-0.1, -0.05) is 48.5 Å². The van der Waals surface area contributed by atoms with Gasteiger partial charge >= 0.3 is 0 Å². The lowest BCUT2D eigenvalue weighted by molar-refractivity contribution is -0.119. The third kappa shape index (κ3) is 4.36. The van der Waals surface area contributed by atoms with Gasteiger partial charge in [0.05, 0.1) is 29.6 Å². The molecule has 0 aliphatic rings. The molecule has 0 spiro atoms. The summed E-state index contributed by atoms with van der Waals surface area (Å²) in [6.07, 6.45) is 1.52. The molecular formula is C30H22N4O5. The number of nitrogens with zero attached hydrogens (tertiary/aromatic N) is 3. The Kier molecular flexibility index (Phi) is 6.01. The van der Waals surface area contributed by atoms with Crippen LogP contribution in [0.1, 0.15) is 5.56 Å². The Morgan fingerprint density at radius 1 is 0.974 bits per heavy atom. The fraction of sp³-hybridized carbons (Fsp3) is 0.0667. The molecular weight excluding hydrogens is 496 g/mol. The van der Waals surface area contributed by atoms with Crippen LogP contribution in [0.25, 0.3) is 44.2 Å². The molecule has 2 aromatic heterocycles. The van der Waals surface area contributed by atoms with Gasteiger partial charge in [-0.25, -0.2) is 4.98 Å². The molecule has 2 heterocycles. The standard InChI is InChI=1S/C30H22N4O5/c1-37-24-11-6-12-26-21(24)15-27(39-26)29-33-23-10-5-4-9-20(23)30(36)34(29)32-16-22-19-8-3-2-7-18(19)13-14-25(22)38-17-28(31)35/h2-16H,17H2,1H3,(H2,31,35). The van der Waals surface area contributed by atoms with Gasteiger partial charge in [0.15, 0.2) is 12.4 Å². The number of hydrogen-bond acceptors (Lipinski definition) is 7. The first-order valence-electron chi connectivity index (χ1n) is 12.1. The minimum absolute atomic E-state index is 0.216. The predicted octanol–water partition coefficient (Wildman–Crippen LogP) is 4.72. The summed E-state index contributed by atoms with van der Waals surface area (Å²) in [4.78, 5) is 29.8. The van der Waals surface area contributed by atoms with Crippen molar-refractivity contribution in [2.75, 3.05) is 13.7 Å². The van der Waals surface area contributed by atoms with Gasteiger partial charge in [0, 0.05) is 5.56 Å². The summed E-state index contributed by atoms with van der Waals surface area (Å²) in [5.74, 6) is 0.981.